The molecule has 0 bridgehead atoms. The number of carboxylic acids is 1. The zero-order chi connectivity index (χ0) is 14.7. The van der Waals surface area contributed by atoms with E-state index in [0.717, 1.165) is 22.6 Å². The summed E-state index contributed by atoms with van der Waals surface area (Å²) in [5, 5.41) is 8.94. The number of carboxylic acid groups (broad SMARTS) is 1. The van der Waals surface area contributed by atoms with E-state index in [1.54, 1.807) is 18.2 Å². The second-order valence-electron chi connectivity index (χ2n) is 4.69. The number of aromatic carboxylic acids is 1. The fourth-order valence-corrected chi connectivity index (χ4v) is 2.11. The molecule has 3 rings (SSSR count). The van der Waals surface area contributed by atoms with Crippen LogP contribution in [0.5, 0.6) is 11.5 Å². The van der Waals surface area contributed by atoms with Gasteiger partial charge in [-0.2, -0.15) is 0 Å². The maximum absolute atomic E-state index is 10.9. The monoisotopic (exact) mass is 286 g/mol. The molecule has 0 amide bonds. The molecule has 0 fully saturated rings. The third kappa shape index (κ3) is 3.14. The van der Waals surface area contributed by atoms with Gasteiger partial charge in [-0.05, 0) is 35.4 Å². The van der Waals surface area contributed by atoms with Crippen molar-refractivity contribution in [2.75, 3.05) is 6.79 Å². The van der Waals surface area contributed by atoms with Crippen molar-refractivity contribution in [1.29, 1.82) is 0 Å². The third-order valence-electron chi connectivity index (χ3n) is 3.15. The Morgan fingerprint density at radius 2 is 1.81 bits per heavy atom. The van der Waals surface area contributed by atoms with Crippen molar-refractivity contribution in [3.8, 4) is 11.5 Å². The van der Waals surface area contributed by atoms with Crippen molar-refractivity contribution in [2.45, 2.75) is 13.2 Å². The van der Waals surface area contributed by atoms with E-state index in [4.69, 9.17) is 19.3 Å². The van der Waals surface area contributed by atoms with Gasteiger partial charge in [0.2, 0.25) is 6.79 Å². The van der Waals surface area contributed by atoms with Gasteiger partial charge in [0.25, 0.3) is 0 Å². The standard InChI is InChI=1S/C16H14O5/c17-16(18)13-3-1-2-11(6-13)8-19-9-12-4-5-14-15(7-12)21-10-20-14/h1-7H,8-10H2,(H,17,18). The zero-order valence-corrected chi connectivity index (χ0v) is 11.2. The predicted molar refractivity (Wildman–Crippen MR) is 74.5 cm³/mol. The number of fused-ring (bicyclic) bond motifs is 1. The maximum atomic E-state index is 10.9. The molecule has 1 heterocycles. The quantitative estimate of drug-likeness (QED) is 0.915. The van der Waals surface area contributed by atoms with Crippen molar-refractivity contribution in [3.05, 3.63) is 59.2 Å². The molecule has 0 saturated heterocycles. The molecule has 2 aromatic rings. The summed E-state index contributed by atoms with van der Waals surface area (Å²) < 4.78 is 16.2. The Morgan fingerprint density at radius 1 is 1.05 bits per heavy atom. The van der Waals surface area contributed by atoms with Gasteiger partial charge in [0.1, 0.15) is 0 Å². The first-order valence-corrected chi connectivity index (χ1v) is 6.51. The minimum atomic E-state index is -0.937. The topological polar surface area (TPSA) is 65.0 Å². The largest absolute Gasteiger partial charge is 0.478 e. The van der Waals surface area contributed by atoms with Crippen LogP contribution in [0.25, 0.3) is 0 Å². The van der Waals surface area contributed by atoms with Crippen LogP contribution in [0.1, 0.15) is 21.5 Å². The lowest BCUT2D eigenvalue weighted by molar-refractivity contribution is 0.0696. The van der Waals surface area contributed by atoms with Crippen LogP contribution in [0.4, 0.5) is 0 Å². The van der Waals surface area contributed by atoms with Crippen molar-refractivity contribution >= 4 is 5.97 Å². The molecule has 0 spiro atoms. The summed E-state index contributed by atoms with van der Waals surface area (Å²) in [7, 11) is 0. The number of carbonyl (C=O) groups is 1. The SMILES string of the molecule is O=C(O)c1cccc(COCc2ccc3c(c2)OCO3)c1. The smallest absolute Gasteiger partial charge is 0.335 e. The summed E-state index contributed by atoms with van der Waals surface area (Å²) in [4.78, 5) is 10.9. The number of benzene rings is 2. The molecule has 0 aliphatic carbocycles. The highest BCUT2D eigenvalue weighted by Crippen LogP contribution is 2.32. The van der Waals surface area contributed by atoms with E-state index in [2.05, 4.69) is 0 Å². The number of hydrogen-bond acceptors (Lipinski definition) is 4. The van der Waals surface area contributed by atoms with Crippen LogP contribution in [-0.2, 0) is 18.0 Å². The summed E-state index contributed by atoms with van der Waals surface area (Å²) in [5.41, 5.74) is 2.07. The first-order valence-electron chi connectivity index (χ1n) is 6.51. The molecule has 1 N–H and O–H groups in total. The lowest BCUT2D eigenvalue weighted by Crippen LogP contribution is -1.99. The van der Waals surface area contributed by atoms with Gasteiger partial charge in [-0.3, -0.25) is 0 Å². The van der Waals surface area contributed by atoms with Crippen LogP contribution in [0.15, 0.2) is 42.5 Å². The van der Waals surface area contributed by atoms with Gasteiger partial charge >= 0.3 is 5.97 Å². The van der Waals surface area contributed by atoms with E-state index in [1.165, 1.54) is 0 Å². The Kier molecular flexibility index (Phi) is 3.75. The van der Waals surface area contributed by atoms with Crippen molar-refractivity contribution < 1.29 is 24.1 Å². The van der Waals surface area contributed by atoms with Gasteiger partial charge in [-0.1, -0.05) is 18.2 Å². The predicted octanol–water partition coefficient (Wildman–Crippen LogP) is 2.83. The molecule has 0 unspecified atom stereocenters. The molecule has 5 heteroatoms. The van der Waals surface area contributed by atoms with E-state index in [0.29, 0.717) is 13.2 Å². The Labute approximate surface area is 121 Å². The van der Waals surface area contributed by atoms with Gasteiger partial charge in [-0.15, -0.1) is 0 Å². The first-order chi connectivity index (χ1) is 10.2. The minimum absolute atomic E-state index is 0.252. The van der Waals surface area contributed by atoms with Gasteiger partial charge in [0.05, 0.1) is 18.8 Å². The fraction of sp³-hybridized carbons (Fsp3) is 0.188. The second kappa shape index (κ2) is 5.85. The molecule has 0 radical (unpaired) electrons. The fourth-order valence-electron chi connectivity index (χ4n) is 2.11. The van der Waals surface area contributed by atoms with Gasteiger partial charge in [0.15, 0.2) is 11.5 Å². The second-order valence-corrected chi connectivity index (χ2v) is 4.69. The van der Waals surface area contributed by atoms with Gasteiger partial charge in [-0.25, -0.2) is 4.79 Å². The molecule has 0 atom stereocenters. The number of ether oxygens (including phenoxy) is 3. The Balaban J connectivity index is 1.59. The Hall–Kier alpha value is -2.53. The number of rotatable bonds is 5. The Bertz CT molecular complexity index is 665. The van der Waals surface area contributed by atoms with Crippen LogP contribution in [0.3, 0.4) is 0 Å². The minimum Gasteiger partial charge on any atom is -0.478 e. The van der Waals surface area contributed by atoms with Crippen LogP contribution < -0.4 is 9.47 Å². The summed E-state index contributed by atoms with van der Waals surface area (Å²) in [6, 6.07) is 12.4. The summed E-state index contributed by atoms with van der Waals surface area (Å²) in [5.74, 6) is 0.532. The van der Waals surface area contributed by atoms with Crippen molar-refractivity contribution in [3.63, 3.8) is 0 Å². The number of hydrogen-bond donors (Lipinski definition) is 1. The van der Waals surface area contributed by atoms with Crippen LogP contribution in [0, 0.1) is 0 Å². The lowest BCUT2D eigenvalue weighted by Gasteiger charge is -2.06. The first kappa shape index (κ1) is 13.5. The normalized spacial score (nSPS) is 12.4. The molecule has 1 aliphatic rings. The average molecular weight is 286 g/mol. The summed E-state index contributed by atoms with van der Waals surface area (Å²) in [6.07, 6.45) is 0. The summed E-state index contributed by atoms with van der Waals surface area (Å²) in [6.45, 7) is 1.03. The van der Waals surface area contributed by atoms with E-state index >= 15 is 0 Å². The van der Waals surface area contributed by atoms with Gasteiger partial charge < -0.3 is 19.3 Å². The molecular formula is C16H14O5. The molecular weight excluding hydrogens is 272 g/mol. The van der Waals surface area contributed by atoms with Crippen molar-refractivity contribution in [2.24, 2.45) is 0 Å². The zero-order valence-electron chi connectivity index (χ0n) is 11.2. The average Bonchev–Trinajstić information content (AvgIpc) is 2.95. The van der Waals surface area contributed by atoms with Crippen LogP contribution in [0.2, 0.25) is 0 Å². The molecule has 1 aliphatic heterocycles. The lowest BCUT2D eigenvalue weighted by atomic mass is 10.1. The molecule has 5 nitrogen and oxygen atoms in total. The molecule has 2 aromatic carbocycles. The Morgan fingerprint density at radius 3 is 2.62 bits per heavy atom. The third-order valence-corrected chi connectivity index (χ3v) is 3.15. The highest BCUT2D eigenvalue weighted by Gasteiger charge is 2.13. The van der Waals surface area contributed by atoms with E-state index in [1.807, 2.05) is 24.3 Å². The van der Waals surface area contributed by atoms with Crippen LogP contribution >= 0.6 is 0 Å². The van der Waals surface area contributed by atoms with Crippen LogP contribution in [-0.4, -0.2) is 17.9 Å². The van der Waals surface area contributed by atoms with Gasteiger partial charge in [0, 0.05) is 0 Å². The molecule has 108 valence electrons. The molecule has 0 aromatic heterocycles. The van der Waals surface area contributed by atoms with E-state index < -0.39 is 5.97 Å². The highest BCUT2D eigenvalue weighted by molar-refractivity contribution is 5.87. The van der Waals surface area contributed by atoms with E-state index in [-0.39, 0.29) is 12.4 Å². The maximum Gasteiger partial charge on any atom is 0.335 e. The molecule has 21 heavy (non-hydrogen) atoms. The summed E-state index contributed by atoms with van der Waals surface area (Å²) >= 11 is 0. The van der Waals surface area contributed by atoms with E-state index in [9.17, 15) is 4.79 Å². The molecule has 0 saturated carbocycles. The van der Waals surface area contributed by atoms with Crippen molar-refractivity contribution in [1.82, 2.24) is 0 Å². The highest BCUT2D eigenvalue weighted by atomic mass is 16.7.